The fourth-order valence-electron chi connectivity index (χ4n) is 6.02. The van der Waals surface area contributed by atoms with Crippen molar-refractivity contribution < 1.29 is 4.74 Å². The fourth-order valence-corrected chi connectivity index (χ4v) is 6.02. The SMILES string of the molecule is CCCCCCCCC[C@H]1CC[C@H]([C@H]2CC[C@H](OCCCCCCC)CC2)CC1. The lowest BCUT2D eigenvalue weighted by atomic mass is 9.70. The van der Waals surface area contributed by atoms with Crippen molar-refractivity contribution in [3.8, 4) is 0 Å². The van der Waals surface area contributed by atoms with Crippen LogP contribution in [0.5, 0.6) is 0 Å². The Morgan fingerprint density at radius 3 is 1.59 bits per heavy atom. The van der Waals surface area contributed by atoms with Gasteiger partial charge < -0.3 is 4.74 Å². The second-order valence-corrected chi connectivity index (χ2v) is 10.5. The van der Waals surface area contributed by atoms with Gasteiger partial charge in [-0.25, -0.2) is 0 Å². The Labute approximate surface area is 184 Å². The van der Waals surface area contributed by atoms with E-state index in [0.717, 1.165) is 24.4 Å². The van der Waals surface area contributed by atoms with Crippen molar-refractivity contribution in [1.29, 1.82) is 0 Å². The first-order valence-electron chi connectivity index (χ1n) is 13.9. The van der Waals surface area contributed by atoms with Crippen molar-refractivity contribution in [3.05, 3.63) is 0 Å². The molecule has 0 N–H and O–H groups in total. The van der Waals surface area contributed by atoms with Crippen molar-refractivity contribution >= 4 is 0 Å². The van der Waals surface area contributed by atoms with Gasteiger partial charge in [-0.1, -0.05) is 104 Å². The normalized spacial score (nSPS) is 27.9. The Morgan fingerprint density at radius 1 is 0.517 bits per heavy atom. The van der Waals surface area contributed by atoms with E-state index in [1.165, 1.54) is 135 Å². The van der Waals surface area contributed by atoms with Crippen molar-refractivity contribution in [2.24, 2.45) is 17.8 Å². The summed E-state index contributed by atoms with van der Waals surface area (Å²) in [5, 5.41) is 0. The Hall–Kier alpha value is -0.0400. The standard InChI is InChI=1S/C28H54O/c1-3-5-7-9-10-11-13-15-25-16-18-26(19-17-25)27-20-22-28(23-21-27)29-24-14-12-8-6-4-2/h25-28H,3-24H2,1-2H3/t25-,26-,27-,28-. The van der Waals surface area contributed by atoms with Gasteiger partial charge in [-0.05, 0) is 62.7 Å². The molecule has 2 aliphatic carbocycles. The summed E-state index contributed by atoms with van der Waals surface area (Å²) in [6.45, 7) is 5.62. The van der Waals surface area contributed by atoms with E-state index in [1.54, 1.807) is 0 Å². The lowest BCUT2D eigenvalue weighted by Gasteiger charge is -2.38. The molecule has 1 heteroatoms. The zero-order chi connectivity index (χ0) is 20.6. The Bertz CT molecular complexity index is 349. The molecule has 2 fully saturated rings. The predicted molar refractivity (Wildman–Crippen MR) is 129 cm³/mol. The molecule has 0 aliphatic heterocycles. The Morgan fingerprint density at radius 2 is 1.00 bits per heavy atom. The van der Waals surface area contributed by atoms with Crippen LogP contribution in [0.3, 0.4) is 0 Å². The minimum atomic E-state index is 0.589. The van der Waals surface area contributed by atoms with Gasteiger partial charge in [0.05, 0.1) is 6.10 Å². The molecule has 0 amide bonds. The van der Waals surface area contributed by atoms with E-state index in [1.807, 2.05) is 0 Å². The highest BCUT2D eigenvalue weighted by atomic mass is 16.5. The van der Waals surface area contributed by atoms with Crippen LogP contribution in [0.25, 0.3) is 0 Å². The summed E-state index contributed by atoms with van der Waals surface area (Å²) in [6, 6.07) is 0. The first-order chi connectivity index (χ1) is 14.3. The predicted octanol–water partition coefficient (Wildman–Crippen LogP) is 9.48. The first kappa shape index (κ1) is 25.2. The number of hydrogen-bond acceptors (Lipinski definition) is 1. The van der Waals surface area contributed by atoms with Crippen molar-refractivity contribution in [3.63, 3.8) is 0 Å². The van der Waals surface area contributed by atoms with E-state index in [-0.39, 0.29) is 0 Å². The lowest BCUT2D eigenvalue weighted by Crippen LogP contribution is -2.28. The molecule has 0 atom stereocenters. The van der Waals surface area contributed by atoms with Crippen LogP contribution < -0.4 is 0 Å². The molecule has 2 aliphatic rings. The Kier molecular flexibility index (Phi) is 14.5. The average molecular weight is 407 g/mol. The van der Waals surface area contributed by atoms with Gasteiger partial charge in [0.2, 0.25) is 0 Å². The summed E-state index contributed by atoms with van der Waals surface area (Å²) >= 11 is 0. The van der Waals surface area contributed by atoms with Gasteiger partial charge in [-0.3, -0.25) is 0 Å². The maximum absolute atomic E-state index is 6.20. The molecule has 0 aromatic carbocycles. The van der Waals surface area contributed by atoms with Crippen LogP contribution in [-0.2, 0) is 4.74 Å². The average Bonchev–Trinajstić information content (AvgIpc) is 2.76. The molecule has 172 valence electrons. The molecular weight excluding hydrogens is 352 g/mol. The number of hydrogen-bond donors (Lipinski definition) is 0. The first-order valence-corrected chi connectivity index (χ1v) is 13.9. The number of unbranched alkanes of at least 4 members (excludes halogenated alkanes) is 10. The monoisotopic (exact) mass is 406 g/mol. The zero-order valence-electron chi connectivity index (χ0n) is 20.3. The van der Waals surface area contributed by atoms with Crippen LogP contribution in [0.15, 0.2) is 0 Å². The minimum Gasteiger partial charge on any atom is -0.378 e. The molecular formula is C28H54O. The summed E-state index contributed by atoms with van der Waals surface area (Å²) in [4.78, 5) is 0. The van der Waals surface area contributed by atoms with Crippen molar-refractivity contribution in [2.45, 2.75) is 155 Å². The van der Waals surface area contributed by atoms with E-state index in [2.05, 4.69) is 13.8 Å². The topological polar surface area (TPSA) is 9.23 Å². The van der Waals surface area contributed by atoms with Crippen LogP contribution in [-0.4, -0.2) is 12.7 Å². The van der Waals surface area contributed by atoms with Crippen LogP contribution >= 0.6 is 0 Å². The van der Waals surface area contributed by atoms with Crippen LogP contribution in [0.4, 0.5) is 0 Å². The van der Waals surface area contributed by atoms with Crippen molar-refractivity contribution in [2.75, 3.05) is 6.61 Å². The minimum absolute atomic E-state index is 0.589. The molecule has 0 saturated heterocycles. The maximum atomic E-state index is 6.20. The molecule has 29 heavy (non-hydrogen) atoms. The maximum Gasteiger partial charge on any atom is 0.0575 e. The third-order valence-electron chi connectivity index (χ3n) is 8.09. The van der Waals surface area contributed by atoms with Crippen molar-refractivity contribution in [1.82, 2.24) is 0 Å². The summed E-state index contributed by atoms with van der Waals surface area (Å²) in [5.41, 5.74) is 0. The molecule has 0 unspecified atom stereocenters. The third kappa shape index (κ3) is 11.2. The van der Waals surface area contributed by atoms with Gasteiger partial charge in [0.1, 0.15) is 0 Å². The third-order valence-corrected chi connectivity index (χ3v) is 8.09. The lowest BCUT2D eigenvalue weighted by molar-refractivity contribution is 0.00527. The van der Waals surface area contributed by atoms with Gasteiger partial charge in [-0.15, -0.1) is 0 Å². The van der Waals surface area contributed by atoms with Gasteiger partial charge >= 0.3 is 0 Å². The quantitative estimate of drug-likeness (QED) is 0.232. The summed E-state index contributed by atoms with van der Waals surface area (Å²) < 4.78 is 6.20. The second-order valence-electron chi connectivity index (χ2n) is 10.5. The molecule has 2 rings (SSSR count). The highest BCUT2D eigenvalue weighted by Crippen LogP contribution is 2.41. The largest absolute Gasteiger partial charge is 0.378 e. The molecule has 0 aromatic rings. The van der Waals surface area contributed by atoms with Crippen LogP contribution in [0.1, 0.15) is 149 Å². The smallest absolute Gasteiger partial charge is 0.0575 e. The molecule has 0 aromatic heterocycles. The summed E-state index contributed by atoms with van der Waals surface area (Å²) in [6.07, 6.45) is 30.9. The van der Waals surface area contributed by atoms with E-state index in [0.29, 0.717) is 6.10 Å². The fraction of sp³-hybridized carbons (Fsp3) is 1.00. The Balaban J connectivity index is 1.45. The van der Waals surface area contributed by atoms with Gasteiger partial charge in [0.15, 0.2) is 0 Å². The molecule has 1 nitrogen and oxygen atoms in total. The second kappa shape index (κ2) is 16.6. The summed E-state index contributed by atoms with van der Waals surface area (Å²) in [7, 11) is 0. The van der Waals surface area contributed by atoms with Gasteiger partial charge in [-0.2, -0.15) is 0 Å². The van der Waals surface area contributed by atoms with Crippen LogP contribution in [0.2, 0.25) is 0 Å². The summed E-state index contributed by atoms with van der Waals surface area (Å²) in [5.74, 6) is 3.14. The highest BCUT2D eigenvalue weighted by molar-refractivity contribution is 4.82. The van der Waals surface area contributed by atoms with Crippen LogP contribution in [0, 0.1) is 17.8 Å². The highest BCUT2D eigenvalue weighted by Gasteiger charge is 2.30. The number of rotatable bonds is 16. The molecule has 2 saturated carbocycles. The van der Waals surface area contributed by atoms with Gasteiger partial charge in [0, 0.05) is 6.61 Å². The van der Waals surface area contributed by atoms with E-state index >= 15 is 0 Å². The zero-order valence-corrected chi connectivity index (χ0v) is 20.3. The number of ether oxygens (including phenoxy) is 1. The molecule has 0 spiro atoms. The molecule has 0 radical (unpaired) electrons. The van der Waals surface area contributed by atoms with E-state index in [9.17, 15) is 0 Å². The van der Waals surface area contributed by atoms with Gasteiger partial charge in [0.25, 0.3) is 0 Å². The van der Waals surface area contributed by atoms with E-state index in [4.69, 9.17) is 4.74 Å². The molecule has 0 bridgehead atoms. The van der Waals surface area contributed by atoms with E-state index < -0.39 is 0 Å². The molecule has 0 heterocycles.